The Hall–Kier alpha value is -2.34. The Morgan fingerprint density at radius 2 is 2.00 bits per heavy atom. The van der Waals surface area contributed by atoms with Crippen LogP contribution in [0.4, 0.5) is 0 Å². The molecular formula is C22H33N5O. The van der Waals surface area contributed by atoms with Gasteiger partial charge in [-0.25, -0.2) is 4.99 Å². The topological polar surface area (TPSA) is 63.5 Å². The zero-order valence-electron chi connectivity index (χ0n) is 16.9. The lowest BCUT2D eigenvalue weighted by molar-refractivity contribution is 0.0574. The standard InChI is InChI=1S/C22H33N5O/c1-2-23-22(24-13-8-16-28-21-11-5-6-12-21)25-17-19-9-3-4-10-20(19)18-27-15-7-14-26-27/h3-4,7,9-10,14-15,21H,2,5-6,8,11-13,16-18H2,1H3,(H2,23,24,25). The van der Waals surface area contributed by atoms with E-state index in [9.17, 15) is 0 Å². The lowest BCUT2D eigenvalue weighted by atomic mass is 10.1. The summed E-state index contributed by atoms with van der Waals surface area (Å²) < 4.78 is 7.87. The van der Waals surface area contributed by atoms with Crippen molar-refractivity contribution in [3.05, 3.63) is 53.9 Å². The van der Waals surface area contributed by atoms with Gasteiger partial charge in [0.2, 0.25) is 0 Å². The first-order chi connectivity index (χ1) is 13.8. The lowest BCUT2D eigenvalue weighted by Crippen LogP contribution is -2.38. The number of rotatable bonds is 10. The molecule has 0 atom stereocenters. The molecule has 3 rings (SSSR count). The molecule has 0 saturated heterocycles. The van der Waals surface area contributed by atoms with Crippen LogP contribution in [-0.2, 0) is 17.8 Å². The number of hydrogen-bond acceptors (Lipinski definition) is 3. The van der Waals surface area contributed by atoms with Gasteiger partial charge in [-0.1, -0.05) is 37.1 Å². The number of ether oxygens (including phenoxy) is 1. The molecular weight excluding hydrogens is 350 g/mol. The molecule has 1 aromatic carbocycles. The van der Waals surface area contributed by atoms with E-state index in [2.05, 4.69) is 46.9 Å². The third kappa shape index (κ3) is 6.68. The molecule has 0 aliphatic heterocycles. The fourth-order valence-corrected chi connectivity index (χ4v) is 3.52. The molecule has 152 valence electrons. The predicted molar refractivity (Wildman–Crippen MR) is 113 cm³/mol. The van der Waals surface area contributed by atoms with Gasteiger partial charge in [0.25, 0.3) is 0 Å². The van der Waals surface area contributed by atoms with Crippen LogP contribution in [0.3, 0.4) is 0 Å². The first kappa shape index (κ1) is 20.4. The maximum Gasteiger partial charge on any atom is 0.191 e. The highest BCUT2D eigenvalue weighted by molar-refractivity contribution is 5.79. The molecule has 6 nitrogen and oxygen atoms in total. The molecule has 0 radical (unpaired) electrons. The van der Waals surface area contributed by atoms with Crippen molar-refractivity contribution in [2.75, 3.05) is 19.7 Å². The molecule has 1 heterocycles. The lowest BCUT2D eigenvalue weighted by Gasteiger charge is -2.14. The van der Waals surface area contributed by atoms with Crippen molar-refractivity contribution in [1.82, 2.24) is 20.4 Å². The van der Waals surface area contributed by atoms with Gasteiger partial charge in [-0.05, 0) is 43.4 Å². The third-order valence-corrected chi connectivity index (χ3v) is 5.03. The predicted octanol–water partition coefficient (Wildman–Crippen LogP) is 3.34. The Morgan fingerprint density at radius 1 is 1.18 bits per heavy atom. The molecule has 1 aliphatic rings. The third-order valence-electron chi connectivity index (χ3n) is 5.03. The van der Waals surface area contributed by atoms with Gasteiger partial charge in [0.15, 0.2) is 5.96 Å². The smallest absolute Gasteiger partial charge is 0.191 e. The normalized spacial score (nSPS) is 15.1. The molecule has 28 heavy (non-hydrogen) atoms. The summed E-state index contributed by atoms with van der Waals surface area (Å²) in [4.78, 5) is 4.77. The monoisotopic (exact) mass is 383 g/mol. The number of hydrogen-bond donors (Lipinski definition) is 2. The van der Waals surface area contributed by atoms with Crippen molar-refractivity contribution in [2.24, 2.45) is 4.99 Å². The quantitative estimate of drug-likeness (QED) is 0.375. The average molecular weight is 384 g/mol. The second-order valence-electron chi connectivity index (χ2n) is 7.23. The first-order valence-electron chi connectivity index (χ1n) is 10.5. The number of nitrogens with zero attached hydrogens (tertiary/aromatic N) is 3. The van der Waals surface area contributed by atoms with Crippen molar-refractivity contribution < 1.29 is 4.74 Å². The van der Waals surface area contributed by atoms with Gasteiger partial charge < -0.3 is 15.4 Å². The molecule has 2 N–H and O–H groups in total. The molecule has 0 bridgehead atoms. The summed E-state index contributed by atoms with van der Waals surface area (Å²) >= 11 is 0. The van der Waals surface area contributed by atoms with Gasteiger partial charge in [-0.2, -0.15) is 5.10 Å². The van der Waals surface area contributed by atoms with Crippen LogP contribution >= 0.6 is 0 Å². The van der Waals surface area contributed by atoms with Crippen molar-refractivity contribution >= 4 is 5.96 Å². The Bertz CT molecular complexity index is 707. The number of aliphatic imine (C=N–C) groups is 1. The minimum atomic E-state index is 0.494. The van der Waals surface area contributed by atoms with Gasteiger partial charge in [0.1, 0.15) is 0 Å². The van der Waals surface area contributed by atoms with E-state index >= 15 is 0 Å². The second kappa shape index (κ2) is 11.5. The van der Waals surface area contributed by atoms with Crippen molar-refractivity contribution in [1.29, 1.82) is 0 Å². The molecule has 1 saturated carbocycles. The second-order valence-corrected chi connectivity index (χ2v) is 7.23. The largest absolute Gasteiger partial charge is 0.378 e. The maximum absolute atomic E-state index is 5.93. The fraction of sp³-hybridized carbons (Fsp3) is 0.545. The maximum atomic E-state index is 5.93. The van der Waals surface area contributed by atoms with Crippen LogP contribution in [0, 0.1) is 0 Å². The summed E-state index contributed by atoms with van der Waals surface area (Å²) in [5.74, 6) is 0.859. The van der Waals surface area contributed by atoms with E-state index in [-0.39, 0.29) is 0 Å². The van der Waals surface area contributed by atoms with Gasteiger partial charge >= 0.3 is 0 Å². The highest BCUT2D eigenvalue weighted by Gasteiger charge is 2.14. The van der Waals surface area contributed by atoms with Crippen molar-refractivity contribution in [3.63, 3.8) is 0 Å². The van der Waals surface area contributed by atoms with Crippen molar-refractivity contribution in [2.45, 2.75) is 58.2 Å². The van der Waals surface area contributed by atoms with Gasteiger partial charge in [-0.15, -0.1) is 0 Å². The van der Waals surface area contributed by atoms with E-state index in [1.165, 1.54) is 36.8 Å². The molecule has 6 heteroatoms. The van der Waals surface area contributed by atoms with Crippen LogP contribution in [0.1, 0.15) is 50.2 Å². The van der Waals surface area contributed by atoms with Gasteiger partial charge in [-0.3, -0.25) is 4.68 Å². The van der Waals surface area contributed by atoms with Crippen LogP contribution in [-0.4, -0.2) is 41.5 Å². The van der Waals surface area contributed by atoms with E-state index in [4.69, 9.17) is 9.73 Å². The molecule has 0 spiro atoms. The van der Waals surface area contributed by atoms with Gasteiger partial charge in [0.05, 0.1) is 19.2 Å². The summed E-state index contributed by atoms with van der Waals surface area (Å²) in [5, 5.41) is 11.1. The number of nitrogens with one attached hydrogen (secondary N) is 2. The van der Waals surface area contributed by atoms with Crippen LogP contribution < -0.4 is 10.6 Å². The summed E-state index contributed by atoms with van der Waals surface area (Å²) in [5.41, 5.74) is 2.47. The summed E-state index contributed by atoms with van der Waals surface area (Å²) in [7, 11) is 0. The summed E-state index contributed by atoms with van der Waals surface area (Å²) in [6.07, 6.45) is 10.4. The molecule has 1 aromatic heterocycles. The van der Waals surface area contributed by atoms with Crippen LogP contribution in [0.25, 0.3) is 0 Å². The van der Waals surface area contributed by atoms with E-state index in [1.807, 2.05) is 23.1 Å². The fourth-order valence-electron chi connectivity index (χ4n) is 3.52. The Kier molecular flexibility index (Phi) is 8.37. The molecule has 1 aliphatic carbocycles. The zero-order valence-corrected chi connectivity index (χ0v) is 16.9. The molecule has 0 unspecified atom stereocenters. The minimum Gasteiger partial charge on any atom is -0.378 e. The first-order valence-corrected chi connectivity index (χ1v) is 10.5. The highest BCUT2D eigenvalue weighted by Crippen LogP contribution is 2.20. The van der Waals surface area contributed by atoms with E-state index < -0.39 is 0 Å². The highest BCUT2D eigenvalue weighted by atomic mass is 16.5. The summed E-state index contributed by atoms with van der Waals surface area (Å²) in [6, 6.07) is 10.4. The molecule has 0 amide bonds. The van der Waals surface area contributed by atoms with Crippen LogP contribution in [0.5, 0.6) is 0 Å². The Balaban J connectivity index is 1.48. The number of aromatic nitrogens is 2. The Morgan fingerprint density at radius 3 is 2.75 bits per heavy atom. The van der Waals surface area contributed by atoms with E-state index in [1.54, 1.807) is 0 Å². The zero-order chi connectivity index (χ0) is 19.4. The molecule has 1 fully saturated rings. The minimum absolute atomic E-state index is 0.494. The number of guanidine groups is 1. The van der Waals surface area contributed by atoms with Crippen molar-refractivity contribution in [3.8, 4) is 0 Å². The SMILES string of the molecule is CCNC(=NCc1ccccc1Cn1cccn1)NCCCOC1CCCC1. The van der Waals surface area contributed by atoms with Gasteiger partial charge in [0, 0.05) is 32.1 Å². The molecule has 2 aromatic rings. The Labute approximate surface area is 168 Å². The number of benzene rings is 1. The summed E-state index contributed by atoms with van der Waals surface area (Å²) in [6.45, 7) is 6.04. The van der Waals surface area contributed by atoms with E-state index in [0.717, 1.165) is 38.6 Å². The van der Waals surface area contributed by atoms with Crippen LogP contribution in [0.15, 0.2) is 47.7 Å². The average Bonchev–Trinajstić information content (AvgIpc) is 3.41. The van der Waals surface area contributed by atoms with Crippen LogP contribution in [0.2, 0.25) is 0 Å². The van der Waals surface area contributed by atoms with E-state index in [0.29, 0.717) is 12.6 Å².